The number of imidazole rings is 1. The van der Waals surface area contributed by atoms with Crippen molar-refractivity contribution in [2.45, 2.75) is 26.3 Å². The number of carbonyl (C=O) groups excluding carboxylic acids is 2. The molecule has 0 bridgehead atoms. The quantitative estimate of drug-likeness (QED) is 0.501. The van der Waals surface area contributed by atoms with Crippen LogP contribution in [0.4, 0.5) is 0 Å². The maximum Gasteiger partial charge on any atom is 0.274 e. The molecule has 3 aromatic heterocycles. The Morgan fingerprint density at radius 3 is 2.94 bits per heavy atom. The Kier molecular flexibility index (Phi) is 5.07. The largest absolute Gasteiger partial charge is 0.349 e. The van der Waals surface area contributed by atoms with Gasteiger partial charge < -0.3 is 10.2 Å². The van der Waals surface area contributed by atoms with E-state index in [1.165, 1.54) is 22.7 Å². The Morgan fingerprint density at radius 2 is 2.16 bits per heavy atom. The number of hydrogen-bond donors (Lipinski definition) is 1. The molecule has 0 saturated carbocycles. The number of benzene rings is 1. The minimum Gasteiger partial charge on any atom is -0.349 e. The highest BCUT2D eigenvalue weighted by atomic mass is 32.1. The highest BCUT2D eigenvalue weighted by Gasteiger charge is 2.35. The molecular formula is C22H21N5O2S2. The summed E-state index contributed by atoms with van der Waals surface area (Å²) in [6.07, 6.45) is 4.27. The predicted octanol–water partition coefficient (Wildman–Crippen LogP) is 3.78. The van der Waals surface area contributed by atoms with E-state index in [1.807, 2.05) is 48.5 Å². The summed E-state index contributed by atoms with van der Waals surface area (Å²) in [6, 6.07) is 8.10. The SMILES string of the molecule is Cc1cccc(-c2sc(C)nc2C(=O)N2CCC2CNC(=O)c2cnc3sccn23)c1. The Labute approximate surface area is 187 Å². The molecule has 31 heavy (non-hydrogen) atoms. The third-order valence-electron chi connectivity index (χ3n) is 5.50. The molecule has 1 fully saturated rings. The van der Waals surface area contributed by atoms with Crippen molar-refractivity contribution in [2.24, 2.45) is 0 Å². The van der Waals surface area contributed by atoms with Gasteiger partial charge in [0.1, 0.15) is 11.4 Å². The van der Waals surface area contributed by atoms with Gasteiger partial charge in [-0.05, 0) is 25.8 Å². The van der Waals surface area contributed by atoms with Gasteiger partial charge in [-0.3, -0.25) is 14.0 Å². The predicted molar refractivity (Wildman–Crippen MR) is 122 cm³/mol. The molecule has 1 aromatic carbocycles. The van der Waals surface area contributed by atoms with E-state index in [1.54, 1.807) is 10.6 Å². The lowest BCUT2D eigenvalue weighted by Gasteiger charge is -2.40. The molecule has 0 aliphatic carbocycles. The van der Waals surface area contributed by atoms with Crippen molar-refractivity contribution >= 4 is 39.4 Å². The molecule has 1 aliphatic heterocycles. The first-order chi connectivity index (χ1) is 15.0. The summed E-state index contributed by atoms with van der Waals surface area (Å²) in [5.74, 6) is -0.258. The van der Waals surface area contributed by atoms with Crippen LogP contribution in [-0.4, -0.2) is 50.2 Å². The Bertz CT molecular complexity index is 1290. The molecule has 4 aromatic rings. The first kappa shape index (κ1) is 19.9. The van der Waals surface area contributed by atoms with Crippen molar-refractivity contribution in [1.29, 1.82) is 0 Å². The van der Waals surface area contributed by atoms with Gasteiger partial charge in [-0.25, -0.2) is 9.97 Å². The molecule has 7 nitrogen and oxygen atoms in total. The van der Waals surface area contributed by atoms with Crippen LogP contribution >= 0.6 is 22.7 Å². The minimum atomic E-state index is -0.185. The van der Waals surface area contributed by atoms with E-state index < -0.39 is 0 Å². The molecule has 158 valence electrons. The van der Waals surface area contributed by atoms with Gasteiger partial charge in [-0.1, -0.05) is 29.8 Å². The van der Waals surface area contributed by atoms with Crippen LogP contribution in [0.5, 0.6) is 0 Å². The second kappa shape index (κ2) is 7.90. The average molecular weight is 452 g/mol. The first-order valence-corrected chi connectivity index (χ1v) is 11.7. The molecule has 0 radical (unpaired) electrons. The fraction of sp³-hybridized carbons (Fsp3) is 0.273. The smallest absolute Gasteiger partial charge is 0.274 e. The van der Waals surface area contributed by atoms with Crippen molar-refractivity contribution < 1.29 is 9.59 Å². The molecule has 0 spiro atoms. The molecule has 4 heterocycles. The second-order valence-corrected chi connectivity index (χ2v) is 9.71. The number of nitrogens with one attached hydrogen (secondary N) is 1. The molecule has 5 rings (SSSR count). The topological polar surface area (TPSA) is 79.6 Å². The maximum absolute atomic E-state index is 13.3. The molecule has 1 atom stereocenters. The number of amides is 2. The van der Waals surface area contributed by atoms with Crippen molar-refractivity contribution in [3.8, 4) is 10.4 Å². The maximum atomic E-state index is 13.3. The number of thiazole rings is 2. The van der Waals surface area contributed by atoms with Gasteiger partial charge in [0.15, 0.2) is 4.96 Å². The third-order valence-corrected chi connectivity index (χ3v) is 7.29. The van der Waals surface area contributed by atoms with E-state index in [-0.39, 0.29) is 17.9 Å². The average Bonchev–Trinajstić information content (AvgIpc) is 3.42. The number of carbonyl (C=O) groups is 2. The lowest BCUT2D eigenvalue weighted by Crippen LogP contribution is -2.56. The van der Waals surface area contributed by atoms with Crippen LogP contribution in [0, 0.1) is 13.8 Å². The molecule has 2 amide bonds. The van der Waals surface area contributed by atoms with Crippen molar-refractivity contribution in [3.05, 3.63) is 64.0 Å². The number of aryl methyl sites for hydroxylation is 2. The van der Waals surface area contributed by atoms with E-state index >= 15 is 0 Å². The van der Waals surface area contributed by atoms with Crippen LogP contribution in [0.2, 0.25) is 0 Å². The third kappa shape index (κ3) is 3.64. The Morgan fingerprint density at radius 1 is 1.29 bits per heavy atom. The van der Waals surface area contributed by atoms with Crippen LogP contribution < -0.4 is 5.32 Å². The second-order valence-electron chi connectivity index (χ2n) is 7.63. The molecule has 1 N–H and O–H groups in total. The first-order valence-electron chi connectivity index (χ1n) is 10.1. The number of likely N-dealkylation sites (tertiary alicyclic amines) is 1. The number of hydrogen-bond acceptors (Lipinski definition) is 6. The summed E-state index contributed by atoms with van der Waals surface area (Å²) in [5, 5.41) is 5.72. The molecule has 1 unspecified atom stereocenters. The molecular weight excluding hydrogens is 430 g/mol. The number of aromatic nitrogens is 3. The summed E-state index contributed by atoms with van der Waals surface area (Å²) < 4.78 is 1.77. The van der Waals surface area contributed by atoms with E-state index in [0.717, 1.165) is 32.4 Å². The van der Waals surface area contributed by atoms with Crippen LogP contribution in [0.15, 0.2) is 42.0 Å². The van der Waals surface area contributed by atoms with Gasteiger partial charge >= 0.3 is 0 Å². The number of nitrogens with zero attached hydrogens (tertiary/aromatic N) is 4. The minimum absolute atomic E-state index is 0.0327. The summed E-state index contributed by atoms with van der Waals surface area (Å²) in [4.78, 5) is 38.2. The van der Waals surface area contributed by atoms with E-state index in [9.17, 15) is 9.59 Å². The van der Waals surface area contributed by atoms with Gasteiger partial charge in [0.05, 0.1) is 22.1 Å². The zero-order chi connectivity index (χ0) is 21.5. The van der Waals surface area contributed by atoms with Crippen molar-refractivity contribution in [1.82, 2.24) is 24.6 Å². The summed E-state index contributed by atoms with van der Waals surface area (Å²) >= 11 is 3.02. The lowest BCUT2D eigenvalue weighted by molar-refractivity contribution is 0.0451. The van der Waals surface area contributed by atoms with Crippen LogP contribution in [0.1, 0.15) is 38.0 Å². The van der Waals surface area contributed by atoms with Crippen LogP contribution in [0.25, 0.3) is 15.4 Å². The zero-order valence-electron chi connectivity index (χ0n) is 17.2. The standard InChI is InChI=1S/C22H21N5O2S2/c1-13-4-3-5-15(10-13)19-18(25-14(2)31-19)21(29)26-7-6-16(26)11-23-20(28)17-12-24-22-27(17)8-9-30-22/h3-5,8-10,12,16H,6-7,11H2,1-2H3,(H,23,28). The highest BCUT2D eigenvalue weighted by molar-refractivity contribution is 7.15. The highest BCUT2D eigenvalue weighted by Crippen LogP contribution is 2.33. The molecule has 1 aliphatic rings. The van der Waals surface area contributed by atoms with Crippen molar-refractivity contribution in [3.63, 3.8) is 0 Å². The van der Waals surface area contributed by atoms with Gasteiger partial charge in [-0.2, -0.15) is 0 Å². The van der Waals surface area contributed by atoms with E-state index in [4.69, 9.17) is 0 Å². The number of rotatable bonds is 5. The fourth-order valence-electron chi connectivity index (χ4n) is 3.81. The lowest BCUT2D eigenvalue weighted by atomic mass is 10.0. The fourth-order valence-corrected chi connectivity index (χ4v) is 5.40. The molecule has 1 saturated heterocycles. The monoisotopic (exact) mass is 451 g/mol. The van der Waals surface area contributed by atoms with Gasteiger partial charge in [-0.15, -0.1) is 22.7 Å². The Hall–Kier alpha value is -3.04. The van der Waals surface area contributed by atoms with Gasteiger partial charge in [0.2, 0.25) is 0 Å². The van der Waals surface area contributed by atoms with E-state index in [2.05, 4.69) is 21.4 Å². The van der Waals surface area contributed by atoms with Crippen molar-refractivity contribution in [2.75, 3.05) is 13.1 Å². The van der Waals surface area contributed by atoms with Crippen LogP contribution in [-0.2, 0) is 0 Å². The summed E-state index contributed by atoms with van der Waals surface area (Å²) in [7, 11) is 0. The van der Waals surface area contributed by atoms with Crippen LogP contribution in [0.3, 0.4) is 0 Å². The zero-order valence-corrected chi connectivity index (χ0v) is 18.8. The van der Waals surface area contributed by atoms with Gasteiger partial charge in [0, 0.05) is 24.7 Å². The summed E-state index contributed by atoms with van der Waals surface area (Å²) in [6.45, 7) is 5.04. The number of fused-ring (bicyclic) bond motifs is 1. The van der Waals surface area contributed by atoms with E-state index in [0.29, 0.717) is 24.5 Å². The Balaban J connectivity index is 1.30. The summed E-state index contributed by atoms with van der Waals surface area (Å²) in [5.41, 5.74) is 3.16. The normalized spacial score (nSPS) is 15.8. The van der Waals surface area contributed by atoms with Gasteiger partial charge in [0.25, 0.3) is 11.8 Å². The molecule has 9 heteroatoms.